The molecule has 114 valence electrons. The topological polar surface area (TPSA) is 82.8 Å². The van der Waals surface area contributed by atoms with Crippen LogP contribution in [-0.2, 0) is 4.79 Å². The van der Waals surface area contributed by atoms with E-state index in [-0.39, 0.29) is 11.8 Å². The molecule has 1 aromatic rings. The number of nitrogen functional groups attached to an aromatic ring is 1. The van der Waals surface area contributed by atoms with Crippen molar-refractivity contribution >= 4 is 17.5 Å². The van der Waals surface area contributed by atoms with Crippen LogP contribution in [0.25, 0.3) is 0 Å². The molecule has 0 aromatic carbocycles. The number of pyridine rings is 1. The van der Waals surface area contributed by atoms with Crippen LogP contribution in [0.4, 0.5) is 5.69 Å². The van der Waals surface area contributed by atoms with E-state index in [1.807, 2.05) is 19.0 Å². The molecule has 1 aromatic heterocycles. The standard InChI is InChI=1S/C14H21N5O2/c1-17(2)10-13(20)18-5-7-19(8-6-18)14(21)12-4-3-11(15)9-16-12/h3-4,9H,5-8,10,15H2,1-2H3. The van der Waals surface area contributed by atoms with Crippen molar-refractivity contribution in [1.29, 1.82) is 0 Å². The molecule has 2 amide bonds. The average Bonchev–Trinajstić information content (AvgIpc) is 2.47. The summed E-state index contributed by atoms with van der Waals surface area (Å²) in [6.45, 7) is 2.59. The van der Waals surface area contributed by atoms with Gasteiger partial charge in [-0.3, -0.25) is 9.59 Å². The molecule has 1 saturated heterocycles. The third kappa shape index (κ3) is 3.91. The van der Waals surface area contributed by atoms with Crippen molar-refractivity contribution in [2.75, 3.05) is 52.6 Å². The van der Waals surface area contributed by atoms with E-state index in [9.17, 15) is 9.59 Å². The van der Waals surface area contributed by atoms with Gasteiger partial charge in [0, 0.05) is 26.2 Å². The maximum absolute atomic E-state index is 12.3. The molecule has 0 radical (unpaired) electrons. The molecule has 0 bridgehead atoms. The molecular weight excluding hydrogens is 270 g/mol. The molecule has 7 nitrogen and oxygen atoms in total. The number of amides is 2. The lowest BCUT2D eigenvalue weighted by molar-refractivity contribution is -0.133. The van der Waals surface area contributed by atoms with Gasteiger partial charge in [-0.15, -0.1) is 0 Å². The van der Waals surface area contributed by atoms with Crippen LogP contribution in [0, 0.1) is 0 Å². The summed E-state index contributed by atoms with van der Waals surface area (Å²) in [6, 6.07) is 3.29. The highest BCUT2D eigenvalue weighted by Gasteiger charge is 2.25. The summed E-state index contributed by atoms with van der Waals surface area (Å²) in [7, 11) is 3.73. The number of hydrogen-bond acceptors (Lipinski definition) is 5. The van der Waals surface area contributed by atoms with E-state index < -0.39 is 0 Å². The molecule has 0 unspecified atom stereocenters. The number of aromatic nitrogens is 1. The number of hydrogen-bond donors (Lipinski definition) is 1. The molecule has 2 rings (SSSR count). The van der Waals surface area contributed by atoms with Gasteiger partial charge in [0.1, 0.15) is 5.69 Å². The normalized spacial score (nSPS) is 15.4. The van der Waals surface area contributed by atoms with Gasteiger partial charge < -0.3 is 20.4 Å². The van der Waals surface area contributed by atoms with Gasteiger partial charge >= 0.3 is 0 Å². The van der Waals surface area contributed by atoms with Crippen molar-refractivity contribution in [2.45, 2.75) is 0 Å². The maximum atomic E-state index is 12.3. The number of likely N-dealkylation sites (N-methyl/N-ethyl adjacent to an activating group) is 1. The largest absolute Gasteiger partial charge is 0.397 e. The molecular formula is C14H21N5O2. The average molecular weight is 291 g/mol. The molecule has 2 heterocycles. The fourth-order valence-corrected chi connectivity index (χ4v) is 2.22. The van der Waals surface area contributed by atoms with Crippen molar-refractivity contribution in [3.63, 3.8) is 0 Å². The predicted octanol–water partition coefficient (Wildman–Crippen LogP) is -0.490. The van der Waals surface area contributed by atoms with Crippen molar-refractivity contribution in [2.24, 2.45) is 0 Å². The first-order valence-electron chi connectivity index (χ1n) is 6.90. The number of anilines is 1. The van der Waals surface area contributed by atoms with E-state index in [4.69, 9.17) is 5.73 Å². The first-order valence-corrected chi connectivity index (χ1v) is 6.90. The van der Waals surface area contributed by atoms with Gasteiger partial charge in [0.2, 0.25) is 5.91 Å². The molecule has 1 aliphatic rings. The lowest BCUT2D eigenvalue weighted by atomic mass is 10.2. The van der Waals surface area contributed by atoms with Gasteiger partial charge in [-0.2, -0.15) is 0 Å². The van der Waals surface area contributed by atoms with Crippen LogP contribution < -0.4 is 5.73 Å². The lowest BCUT2D eigenvalue weighted by Gasteiger charge is -2.35. The van der Waals surface area contributed by atoms with E-state index in [0.29, 0.717) is 44.1 Å². The molecule has 21 heavy (non-hydrogen) atoms. The quantitative estimate of drug-likeness (QED) is 0.812. The van der Waals surface area contributed by atoms with Crippen molar-refractivity contribution in [3.05, 3.63) is 24.0 Å². The summed E-state index contributed by atoms with van der Waals surface area (Å²) in [5.41, 5.74) is 6.48. The minimum Gasteiger partial charge on any atom is -0.397 e. The highest BCUT2D eigenvalue weighted by molar-refractivity contribution is 5.92. The minimum atomic E-state index is -0.116. The fraction of sp³-hybridized carbons (Fsp3) is 0.500. The third-order valence-corrected chi connectivity index (χ3v) is 3.38. The van der Waals surface area contributed by atoms with Crippen LogP contribution in [0.1, 0.15) is 10.5 Å². The number of nitrogens with zero attached hydrogens (tertiary/aromatic N) is 4. The van der Waals surface area contributed by atoms with Crippen LogP contribution in [0.2, 0.25) is 0 Å². The zero-order chi connectivity index (χ0) is 15.4. The summed E-state index contributed by atoms with van der Waals surface area (Å²) in [6.07, 6.45) is 1.48. The Morgan fingerprint density at radius 1 is 1.19 bits per heavy atom. The van der Waals surface area contributed by atoms with Crippen LogP contribution in [0.5, 0.6) is 0 Å². The van der Waals surface area contributed by atoms with Gasteiger partial charge in [-0.1, -0.05) is 0 Å². The Hall–Kier alpha value is -2.15. The van der Waals surface area contributed by atoms with E-state index in [0.717, 1.165) is 0 Å². The Morgan fingerprint density at radius 2 is 1.81 bits per heavy atom. The highest BCUT2D eigenvalue weighted by Crippen LogP contribution is 2.09. The van der Waals surface area contributed by atoms with Crippen molar-refractivity contribution in [3.8, 4) is 0 Å². The Kier molecular flexibility index (Phi) is 4.74. The lowest BCUT2D eigenvalue weighted by Crippen LogP contribution is -2.52. The van der Waals surface area contributed by atoms with Crippen molar-refractivity contribution in [1.82, 2.24) is 19.7 Å². The number of carbonyl (C=O) groups excluding carboxylic acids is 2. The first kappa shape index (κ1) is 15.2. The van der Waals surface area contributed by atoms with E-state index >= 15 is 0 Å². The van der Waals surface area contributed by atoms with Crippen LogP contribution in [-0.4, -0.2) is 78.3 Å². The first-order chi connectivity index (χ1) is 9.97. The van der Waals surface area contributed by atoms with E-state index in [1.165, 1.54) is 6.20 Å². The SMILES string of the molecule is CN(C)CC(=O)N1CCN(C(=O)c2ccc(N)cn2)CC1. The van der Waals surface area contributed by atoms with Gasteiger partial charge in [0.05, 0.1) is 18.4 Å². The maximum Gasteiger partial charge on any atom is 0.272 e. The third-order valence-electron chi connectivity index (χ3n) is 3.38. The molecule has 2 N–H and O–H groups in total. The smallest absolute Gasteiger partial charge is 0.272 e. The summed E-state index contributed by atoms with van der Waals surface area (Å²) >= 11 is 0. The van der Waals surface area contributed by atoms with E-state index in [2.05, 4.69) is 4.98 Å². The zero-order valence-electron chi connectivity index (χ0n) is 12.5. The van der Waals surface area contributed by atoms with Crippen LogP contribution in [0.3, 0.4) is 0 Å². The van der Waals surface area contributed by atoms with Crippen LogP contribution >= 0.6 is 0 Å². The monoisotopic (exact) mass is 291 g/mol. The second-order valence-electron chi connectivity index (χ2n) is 5.39. The predicted molar refractivity (Wildman–Crippen MR) is 79.7 cm³/mol. The Labute approximate surface area is 124 Å². The molecule has 1 aliphatic heterocycles. The molecule has 7 heteroatoms. The summed E-state index contributed by atoms with van der Waals surface area (Å²) < 4.78 is 0. The van der Waals surface area contributed by atoms with Gasteiger partial charge in [-0.05, 0) is 26.2 Å². The van der Waals surface area contributed by atoms with Crippen molar-refractivity contribution < 1.29 is 9.59 Å². The molecule has 0 aliphatic carbocycles. The number of carbonyl (C=O) groups is 2. The second-order valence-corrected chi connectivity index (χ2v) is 5.39. The highest BCUT2D eigenvalue weighted by atomic mass is 16.2. The summed E-state index contributed by atoms with van der Waals surface area (Å²) in [5.74, 6) is -0.0209. The van der Waals surface area contributed by atoms with E-state index in [1.54, 1.807) is 21.9 Å². The van der Waals surface area contributed by atoms with Gasteiger partial charge in [-0.25, -0.2) is 4.98 Å². The minimum absolute atomic E-state index is 0.0951. The van der Waals surface area contributed by atoms with Crippen LogP contribution in [0.15, 0.2) is 18.3 Å². The number of rotatable bonds is 3. The second kappa shape index (κ2) is 6.53. The molecule has 1 fully saturated rings. The molecule has 0 atom stereocenters. The Bertz CT molecular complexity index is 507. The van der Waals surface area contributed by atoms with Gasteiger partial charge in [0.25, 0.3) is 5.91 Å². The zero-order valence-corrected chi connectivity index (χ0v) is 12.5. The summed E-state index contributed by atoms with van der Waals surface area (Å²) in [4.78, 5) is 33.6. The van der Waals surface area contributed by atoms with Gasteiger partial charge in [0.15, 0.2) is 0 Å². The Morgan fingerprint density at radius 3 is 2.33 bits per heavy atom. The fourth-order valence-electron chi connectivity index (χ4n) is 2.22. The molecule has 0 saturated carbocycles. The number of nitrogens with two attached hydrogens (primary N) is 1. The Balaban J connectivity index is 1.90. The number of piperazine rings is 1. The summed E-state index contributed by atoms with van der Waals surface area (Å²) in [5, 5.41) is 0. The molecule has 0 spiro atoms.